The van der Waals surface area contributed by atoms with Crippen LogP contribution in [-0.4, -0.2) is 168 Å². The number of guanidine groups is 1. The number of rotatable bonds is 33. The van der Waals surface area contributed by atoms with Gasteiger partial charge in [0.2, 0.25) is 35.4 Å². The van der Waals surface area contributed by atoms with Crippen LogP contribution in [0.25, 0.3) is 0 Å². The maximum Gasteiger partial charge on any atom is 0.416 e. The van der Waals surface area contributed by atoms with E-state index in [1.807, 2.05) is 0 Å². The SMILES string of the molecule is C[C@H](NC(=O)[C@@H](NC(=O)[C@@H](N)CCCCN)[C@@H](O)CN)C(=O)NCC(=O)/N=C(\CCCN)C(=O)N1CCC[C@H]1C(=O)N[C@@H](Cc1ccc(C(F)(F)F)cc1)C(=O)N[C@@H](CCCCN)C(=O)N/C(=C\CCNC(=N)N)C(=O)O. The van der Waals surface area contributed by atoms with Crippen molar-refractivity contribution < 1.29 is 66.5 Å². The van der Waals surface area contributed by atoms with Gasteiger partial charge in [0.15, 0.2) is 5.96 Å². The second kappa shape index (κ2) is 33.8. The smallest absolute Gasteiger partial charge is 0.416 e. The van der Waals surface area contributed by atoms with Crippen molar-refractivity contribution in [2.45, 2.75) is 133 Å². The van der Waals surface area contributed by atoms with Crippen LogP contribution in [0.15, 0.2) is 41.0 Å². The van der Waals surface area contributed by atoms with Crippen molar-refractivity contribution in [1.29, 1.82) is 5.41 Å². The third-order valence-electron chi connectivity index (χ3n) is 11.8. The van der Waals surface area contributed by atoms with Gasteiger partial charge >= 0.3 is 12.1 Å². The summed E-state index contributed by atoms with van der Waals surface area (Å²) in [5, 5.41) is 44.2. The average molecular weight is 1100 g/mol. The minimum absolute atomic E-state index is 0.00724. The molecule has 430 valence electrons. The first-order valence-electron chi connectivity index (χ1n) is 25.0. The van der Waals surface area contributed by atoms with Crippen LogP contribution in [0.4, 0.5) is 13.2 Å². The molecule has 27 nitrogen and oxygen atoms in total. The fourth-order valence-electron chi connectivity index (χ4n) is 7.59. The number of alkyl halides is 3. The van der Waals surface area contributed by atoms with Crippen LogP contribution < -0.4 is 71.6 Å². The van der Waals surface area contributed by atoms with Crippen LogP contribution in [0.3, 0.4) is 0 Å². The number of unbranched alkanes of at least 4 members (excludes halogenated alkanes) is 2. The first-order valence-corrected chi connectivity index (χ1v) is 25.0. The number of hydrogen-bond acceptors (Lipinski definition) is 16. The zero-order valence-corrected chi connectivity index (χ0v) is 42.9. The number of aliphatic carboxylic acids is 1. The molecule has 0 unspecified atom stereocenters. The van der Waals surface area contributed by atoms with Gasteiger partial charge in [0.05, 0.1) is 24.3 Å². The molecule has 7 atom stereocenters. The quantitative estimate of drug-likeness (QED) is 0.0138. The Balaban J connectivity index is 2.36. The van der Waals surface area contributed by atoms with Crippen molar-refractivity contribution in [2.24, 2.45) is 39.4 Å². The molecule has 1 heterocycles. The third-order valence-corrected chi connectivity index (χ3v) is 11.8. The molecule has 1 aliphatic heterocycles. The van der Waals surface area contributed by atoms with Crippen molar-refractivity contribution in [3.8, 4) is 0 Å². The summed E-state index contributed by atoms with van der Waals surface area (Å²) in [6, 6.07) is -4.62. The molecular weight excluding hydrogens is 1020 g/mol. The molecular formula is C47H75F3N16O11. The van der Waals surface area contributed by atoms with Gasteiger partial charge < -0.3 is 86.7 Å². The summed E-state index contributed by atoms with van der Waals surface area (Å²) in [5.74, 6) is -9.35. The van der Waals surface area contributed by atoms with E-state index in [1.54, 1.807) is 0 Å². The van der Waals surface area contributed by atoms with E-state index in [9.17, 15) is 66.5 Å². The lowest BCUT2D eigenvalue weighted by Gasteiger charge is -2.28. The van der Waals surface area contributed by atoms with Crippen molar-refractivity contribution >= 4 is 64.9 Å². The van der Waals surface area contributed by atoms with Gasteiger partial charge in [0.1, 0.15) is 41.6 Å². The first-order chi connectivity index (χ1) is 36.4. The van der Waals surface area contributed by atoms with E-state index in [-0.39, 0.29) is 94.8 Å². The number of amides is 8. The molecule has 0 aliphatic carbocycles. The fourth-order valence-corrected chi connectivity index (χ4v) is 7.59. The number of carbonyl (C=O) groups excluding carboxylic acids is 8. The number of aliphatic imine (C=N–C) groups is 1. The minimum atomic E-state index is -4.70. The van der Waals surface area contributed by atoms with Gasteiger partial charge in [0.25, 0.3) is 11.8 Å². The Labute approximate surface area is 442 Å². The molecule has 1 aliphatic rings. The highest BCUT2D eigenvalue weighted by molar-refractivity contribution is 6.40. The summed E-state index contributed by atoms with van der Waals surface area (Å²) >= 11 is 0. The van der Waals surface area contributed by atoms with Gasteiger partial charge in [-0.15, -0.1) is 0 Å². The predicted octanol–water partition coefficient (Wildman–Crippen LogP) is -4.12. The molecule has 0 bridgehead atoms. The Kier molecular flexibility index (Phi) is 29.0. The standard InChI is InChI=1S/C47H75F3N16O11/c1-26(60-43(74)37(35(67)24-54)65-39(70)29(55)9-2-4-18-51)38(69)59-25-36(68)61-31(11-6-20-53)44(75)66-22-8-13-34(66)42(73)64-33(23-27-14-16-28(17-15-27)47(48,49)50)41(72)62-30(10-3-5-19-52)40(71)63-32(45(76)77)12-7-21-58-46(56)57/h12,14-17,26,29-30,33-35,37,67H,2-11,13,18-25,51-55H2,1H3,(H,59,69)(H,60,74)(H,62,72)(H,63,71)(H,64,73)(H,65,70)(H,76,77)(H4,56,57,58)/b32-12-,61-31+/t26-,29-,30-,33-,34-,35-,37-/m0/s1. The highest BCUT2D eigenvalue weighted by atomic mass is 19.4. The number of halogens is 3. The number of aliphatic hydroxyl groups is 1. The van der Waals surface area contributed by atoms with E-state index >= 15 is 0 Å². The number of nitrogens with two attached hydrogens (primary N) is 6. The van der Waals surface area contributed by atoms with Crippen LogP contribution >= 0.6 is 0 Å². The van der Waals surface area contributed by atoms with Crippen LogP contribution in [0.5, 0.6) is 0 Å². The Bertz CT molecular complexity index is 2250. The second-order valence-electron chi connectivity index (χ2n) is 18.0. The summed E-state index contributed by atoms with van der Waals surface area (Å²) in [5.41, 5.74) is 31.8. The van der Waals surface area contributed by atoms with Gasteiger partial charge in [0, 0.05) is 26.1 Å². The minimum Gasteiger partial charge on any atom is -0.477 e. The molecule has 77 heavy (non-hydrogen) atoms. The molecule has 0 radical (unpaired) electrons. The number of hydrogen-bond donors (Lipinski definition) is 16. The number of carboxylic acids is 1. The molecule has 1 saturated heterocycles. The van der Waals surface area contributed by atoms with E-state index in [2.05, 4.69) is 42.2 Å². The van der Waals surface area contributed by atoms with E-state index < -0.39 is 133 Å². The number of benzene rings is 1. The molecule has 1 aromatic rings. The van der Waals surface area contributed by atoms with Gasteiger partial charge in [-0.2, -0.15) is 13.2 Å². The molecule has 8 amide bonds. The van der Waals surface area contributed by atoms with Gasteiger partial charge in [-0.05, 0) is 108 Å². The molecule has 2 rings (SSSR count). The van der Waals surface area contributed by atoms with Gasteiger partial charge in [-0.1, -0.05) is 24.6 Å². The van der Waals surface area contributed by atoms with Gasteiger partial charge in [-0.25, -0.2) is 9.79 Å². The van der Waals surface area contributed by atoms with Gasteiger partial charge in [-0.3, -0.25) is 43.8 Å². The Hall–Kier alpha value is -7.12. The molecule has 0 spiro atoms. The Morgan fingerprint density at radius 3 is 2.04 bits per heavy atom. The highest BCUT2D eigenvalue weighted by Crippen LogP contribution is 2.29. The zero-order chi connectivity index (χ0) is 57.8. The van der Waals surface area contributed by atoms with Crippen molar-refractivity contribution in [2.75, 3.05) is 45.8 Å². The fraction of sp³-hybridized carbons (Fsp3) is 0.596. The molecule has 1 fully saturated rings. The number of carbonyl (C=O) groups is 9. The summed E-state index contributed by atoms with van der Waals surface area (Å²) < 4.78 is 40.4. The lowest BCUT2D eigenvalue weighted by atomic mass is 10.0. The van der Waals surface area contributed by atoms with E-state index in [0.717, 1.165) is 35.2 Å². The molecule has 30 heteroatoms. The van der Waals surface area contributed by atoms with Crippen molar-refractivity contribution in [3.63, 3.8) is 0 Å². The predicted molar refractivity (Wildman–Crippen MR) is 274 cm³/mol. The number of aliphatic hydroxyl groups excluding tert-OH is 1. The van der Waals surface area contributed by atoms with Crippen LogP contribution in [0.1, 0.15) is 88.7 Å². The molecule has 1 aromatic carbocycles. The number of carboxylic acid groups (broad SMARTS) is 1. The largest absolute Gasteiger partial charge is 0.477 e. The van der Waals surface area contributed by atoms with E-state index in [0.29, 0.717) is 25.8 Å². The molecule has 0 aromatic heterocycles. The monoisotopic (exact) mass is 1100 g/mol. The summed E-state index contributed by atoms with van der Waals surface area (Å²) in [6.07, 6.45) is -3.37. The topological polar surface area (TPSA) is 474 Å². The number of nitrogens with one attached hydrogen (secondary N) is 8. The lowest BCUT2D eigenvalue weighted by molar-refractivity contribution is -0.138. The molecule has 0 saturated carbocycles. The summed E-state index contributed by atoms with van der Waals surface area (Å²) in [7, 11) is 0. The van der Waals surface area contributed by atoms with Crippen LogP contribution in [-0.2, 0) is 55.7 Å². The lowest BCUT2D eigenvalue weighted by Crippen LogP contribution is -2.60. The third kappa shape index (κ3) is 23.3. The average Bonchev–Trinajstić information content (AvgIpc) is 3.88. The Morgan fingerprint density at radius 1 is 0.818 bits per heavy atom. The summed E-state index contributed by atoms with van der Waals surface area (Å²) in [4.78, 5) is 125. The first kappa shape index (κ1) is 66.0. The zero-order valence-electron chi connectivity index (χ0n) is 42.9. The maximum atomic E-state index is 14.2. The Morgan fingerprint density at radius 2 is 1.45 bits per heavy atom. The number of likely N-dealkylation sites (tertiary alicyclic amines) is 1. The normalized spacial score (nSPS) is 16.1. The second-order valence-corrected chi connectivity index (χ2v) is 18.0. The highest BCUT2D eigenvalue weighted by Gasteiger charge is 2.39. The maximum absolute atomic E-state index is 14.2. The van der Waals surface area contributed by atoms with Crippen LogP contribution in [0.2, 0.25) is 0 Å². The van der Waals surface area contributed by atoms with Crippen molar-refractivity contribution in [1.82, 2.24) is 42.1 Å². The number of nitrogens with zero attached hydrogens (tertiary/aromatic N) is 2. The van der Waals surface area contributed by atoms with Crippen LogP contribution in [0, 0.1) is 5.41 Å². The molecule has 22 N–H and O–H groups in total. The van der Waals surface area contributed by atoms with E-state index in [1.165, 1.54) is 6.92 Å². The summed E-state index contributed by atoms with van der Waals surface area (Å²) in [6.45, 7) is 0.622. The van der Waals surface area contributed by atoms with E-state index in [4.69, 9.17) is 39.8 Å². The van der Waals surface area contributed by atoms with Crippen molar-refractivity contribution in [3.05, 3.63) is 47.2 Å².